The molecule has 1 aromatic carbocycles. The summed E-state index contributed by atoms with van der Waals surface area (Å²) in [5, 5.41) is 12.3. The maximum Gasteiger partial charge on any atom is 0.335 e. The van der Waals surface area contributed by atoms with Gasteiger partial charge in [0.25, 0.3) is 0 Å². The molecule has 0 aliphatic heterocycles. The lowest BCUT2D eigenvalue weighted by molar-refractivity contribution is 0.0696. The highest BCUT2D eigenvalue weighted by Crippen LogP contribution is 2.42. The molecule has 5 heteroatoms. The van der Waals surface area contributed by atoms with Gasteiger partial charge in [-0.15, -0.1) is 0 Å². The Morgan fingerprint density at radius 3 is 2.90 bits per heavy atom. The highest BCUT2D eigenvalue weighted by molar-refractivity contribution is 8.00. The van der Waals surface area contributed by atoms with Gasteiger partial charge < -0.3 is 15.2 Å². The zero-order valence-corrected chi connectivity index (χ0v) is 12.5. The molecule has 1 aliphatic rings. The maximum absolute atomic E-state index is 10.8. The van der Waals surface area contributed by atoms with Gasteiger partial charge in [-0.05, 0) is 37.3 Å². The predicted octanol–water partition coefficient (Wildman–Crippen LogP) is 2.64. The van der Waals surface area contributed by atoms with Gasteiger partial charge in [-0.3, -0.25) is 0 Å². The minimum Gasteiger partial charge on any atom is -0.492 e. The Labute approximate surface area is 123 Å². The third-order valence-corrected chi connectivity index (χ3v) is 5.19. The van der Waals surface area contributed by atoms with Gasteiger partial charge in [0.15, 0.2) is 0 Å². The fourth-order valence-electron chi connectivity index (χ4n) is 2.30. The Morgan fingerprint density at radius 1 is 1.50 bits per heavy atom. The standard InChI is InChI=1S/C15H21NO3S/c1-20-15(6-3-7-15)11-16-8-9-19-13-5-2-4-12(10-13)14(17)18/h2,4-5,10,16H,3,6-9,11H2,1H3,(H,17,18). The number of ether oxygens (including phenoxy) is 1. The van der Waals surface area contributed by atoms with Crippen molar-refractivity contribution in [2.75, 3.05) is 26.0 Å². The van der Waals surface area contributed by atoms with Crippen LogP contribution in [0.3, 0.4) is 0 Å². The van der Waals surface area contributed by atoms with Crippen LogP contribution in [-0.4, -0.2) is 41.8 Å². The first-order valence-corrected chi connectivity index (χ1v) is 8.10. The van der Waals surface area contributed by atoms with E-state index in [1.165, 1.54) is 19.3 Å². The number of benzene rings is 1. The van der Waals surface area contributed by atoms with E-state index in [-0.39, 0.29) is 5.56 Å². The van der Waals surface area contributed by atoms with E-state index in [4.69, 9.17) is 9.84 Å². The van der Waals surface area contributed by atoms with E-state index in [2.05, 4.69) is 11.6 Å². The third-order valence-electron chi connectivity index (χ3n) is 3.77. The van der Waals surface area contributed by atoms with Crippen LogP contribution in [0, 0.1) is 0 Å². The summed E-state index contributed by atoms with van der Waals surface area (Å²) in [5.41, 5.74) is 0.256. The molecule has 1 fully saturated rings. The summed E-state index contributed by atoms with van der Waals surface area (Å²) in [6.45, 7) is 2.35. The highest BCUT2D eigenvalue weighted by Gasteiger charge is 2.35. The van der Waals surface area contributed by atoms with Crippen LogP contribution in [0.15, 0.2) is 24.3 Å². The van der Waals surface area contributed by atoms with Crippen molar-refractivity contribution in [2.24, 2.45) is 0 Å². The average molecular weight is 295 g/mol. The molecule has 0 amide bonds. The molecular weight excluding hydrogens is 274 g/mol. The van der Waals surface area contributed by atoms with Crippen LogP contribution in [0.5, 0.6) is 5.75 Å². The second-order valence-corrected chi connectivity index (χ2v) is 6.37. The molecule has 110 valence electrons. The summed E-state index contributed by atoms with van der Waals surface area (Å²) in [6, 6.07) is 6.59. The summed E-state index contributed by atoms with van der Waals surface area (Å²) in [4.78, 5) is 10.8. The summed E-state index contributed by atoms with van der Waals surface area (Å²) in [6.07, 6.45) is 6.10. The SMILES string of the molecule is CSC1(CNCCOc2cccc(C(=O)O)c2)CCC1. The van der Waals surface area contributed by atoms with Crippen LogP contribution in [-0.2, 0) is 0 Å². The number of hydrogen-bond donors (Lipinski definition) is 2. The van der Waals surface area contributed by atoms with Gasteiger partial charge in [0.1, 0.15) is 12.4 Å². The number of carbonyl (C=O) groups is 1. The number of rotatable bonds is 8. The second-order valence-electron chi connectivity index (χ2n) is 5.10. The zero-order chi connectivity index (χ0) is 14.4. The molecule has 20 heavy (non-hydrogen) atoms. The van der Waals surface area contributed by atoms with Gasteiger partial charge in [-0.2, -0.15) is 11.8 Å². The third kappa shape index (κ3) is 3.90. The largest absolute Gasteiger partial charge is 0.492 e. The molecule has 0 unspecified atom stereocenters. The van der Waals surface area contributed by atoms with Crippen molar-refractivity contribution in [3.63, 3.8) is 0 Å². The number of nitrogens with one attached hydrogen (secondary N) is 1. The topological polar surface area (TPSA) is 58.6 Å². The highest BCUT2D eigenvalue weighted by atomic mass is 32.2. The number of carboxylic acids is 1. The molecule has 0 heterocycles. The Balaban J connectivity index is 1.68. The van der Waals surface area contributed by atoms with E-state index in [1.807, 2.05) is 11.8 Å². The van der Waals surface area contributed by atoms with Crippen molar-refractivity contribution in [3.05, 3.63) is 29.8 Å². The smallest absolute Gasteiger partial charge is 0.335 e. The lowest BCUT2D eigenvalue weighted by Crippen LogP contribution is -2.44. The molecule has 2 rings (SSSR count). The average Bonchev–Trinajstić information content (AvgIpc) is 2.41. The van der Waals surface area contributed by atoms with E-state index in [1.54, 1.807) is 24.3 Å². The fourth-order valence-corrected chi connectivity index (χ4v) is 3.24. The summed E-state index contributed by atoms with van der Waals surface area (Å²) in [7, 11) is 0. The van der Waals surface area contributed by atoms with Gasteiger partial charge in [-0.25, -0.2) is 4.79 Å². The van der Waals surface area contributed by atoms with Gasteiger partial charge in [0.05, 0.1) is 5.56 Å². The normalized spacial score (nSPS) is 16.4. The maximum atomic E-state index is 10.8. The molecule has 0 atom stereocenters. The van der Waals surface area contributed by atoms with E-state index >= 15 is 0 Å². The van der Waals surface area contributed by atoms with Crippen LogP contribution >= 0.6 is 11.8 Å². The number of carboxylic acid groups (broad SMARTS) is 1. The molecule has 0 aromatic heterocycles. The quantitative estimate of drug-likeness (QED) is 0.722. The Bertz CT molecular complexity index is 455. The van der Waals surface area contributed by atoms with Gasteiger partial charge in [0, 0.05) is 17.8 Å². The Hall–Kier alpha value is -1.20. The second kappa shape index (κ2) is 6.99. The van der Waals surface area contributed by atoms with Crippen LogP contribution in [0.25, 0.3) is 0 Å². The molecule has 0 bridgehead atoms. The molecule has 0 radical (unpaired) electrons. The van der Waals surface area contributed by atoms with Crippen molar-refractivity contribution >= 4 is 17.7 Å². The van der Waals surface area contributed by atoms with Gasteiger partial charge >= 0.3 is 5.97 Å². The minimum atomic E-state index is -0.930. The van der Waals surface area contributed by atoms with Crippen LogP contribution in [0.2, 0.25) is 0 Å². The first-order chi connectivity index (χ1) is 9.65. The summed E-state index contributed by atoms with van der Waals surface area (Å²) >= 11 is 1.95. The van der Waals surface area contributed by atoms with Crippen LogP contribution in [0.1, 0.15) is 29.6 Å². The minimum absolute atomic E-state index is 0.256. The van der Waals surface area contributed by atoms with E-state index < -0.39 is 5.97 Å². The number of hydrogen-bond acceptors (Lipinski definition) is 4. The van der Waals surface area contributed by atoms with Crippen molar-refractivity contribution in [1.29, 1.82) is 0 Å². The monoisotopic (exact) mass is 295 g/mol. The van der Waals surface area contributed by atoms with Crippen molar-refractivity contribution in [2.45, 2.75) is 24.0 Å². The first kappa shape index (κ1) is 15.2. The van der Waals surface area contributed by atoms with E-state index in [9.17, 15) is 4.79 Å². The molecule has 1 saturated carbocycles. The van der Waals surface area contributed by atoms with Crippen molar-refractivity contribution in [1.82, 2.24) is 5.32 Å². The van der Waals surface area contributed by atoms with Crippen LogP contribution < -0.4 is 10.1 Å². The first-order valence-electron chi connectivity index (χ1n) is 6.87. The molecule has 1 aromatic rings. The van der Waals surface area contributed by atoms with E-state index in [0.717, 1.165) is 13.1 Å². The van der Waals surface area contributed by atoms with Gasteiger partial charge in [-0.1, -0.05) is 12.5 Å². The van der Waals surface area contributed by atoms with Gasteiger partial charge in [0.2, 0.25) is 0 Å². The molecule has 2 N–H and O–H groups in total. The van der Waals surface area contributed by atoms with E-state index in [0.29, 0.717) is 17.1 Å². The molecule has 4 nitrogen and oxygen atoms in total. The molecule has 0 spiro atoms. The van der Waals surface area contributed by atoms with Crippen molar-refractivity contribution < 1.29 is 14.6 Å². The fraction of sp³-hybridized carbons (Fsp3) is 0.533. The number of thioether (sulfide) groups is 1. The molecular formula is C15H21NO3S. The Morgan fingerprint density at radius 2 is 2.30 bits per heavy atom. The zero-order valence-electron chi connectivity index (χ0n) is 11.7. The van der Waals surface area contributed by atoms with Crippen LogP contribution in [0.4, 0.5) is 0 Å². The Kier molecular flexibility index (Phi) is 5.31. The predicted molar refractivity (Wildman–Crippen MR) is 81.9 cm³/mol. The van der Waals surface area contributed by atoms with Crippen molar-refractivity contribution in [3.8, 4) is 5.75 Å². The molecule has 0 saturated heterocycles. The summed E-state index contributed by atoms with van der Waals surface area (Å²) < 4.78 is 6.00. The number of aromatic carboxylic acids is 1. The summed E-state index contributed by atoms with van der Waals surface area (Å²) in [5.74, 6) is -0.324. The lowest BCUT2D eigenvalue weighted by Gasteiger charge is -2.40. The molecule has 1 aliphatic carbocycles. The lowest BCUT2D eigenvalue weighted by atomic mass is 9.84.